The van der Waals surface area contributed by atoms with E-state index >= 15 is 0 Å². The molecule has 2 aromatic carbocycles. The molecule has 0 unspecified atom stereocenters. The third-order valence-electron chi connectivity index (χ3n) is 3.59. The monoisotopic (exact) mass is 292 g/mol. The van der Waals surface area contributed by atoms with Gasteiger partial charge in [-0.15, -0.1) is 0 Å². The molecule has 0 bridgehead atoms. The summed E-state index contributed by atoms with van der Waals surface area (Å²) in [6.07, 6.45) is 0. The summed E-state index contributed by atoms with van der Waals surface area (Å²) in [6.45, 7) is 2.05. The van der Waals surface area contributed by atoms with Crippen LogP contribution < -0.4 is 7.39 Å². The van der Waals surface area contributed by atoms with Crippen LogP contribution in [0.15, 0.2) is 48.5 Å². The molecule has 0 aliphatic carbocycles. The van der Waals surface area contributed by atoms with Crippen LogP contribution >= 0.6 is 0 Å². The maximum atomic E-state index is 2.32. The van der Waals surface area contributed by atoms with Gasteiger partial charge < -0.3 is 9.80 Å². The SMILES string of the molecule is CN(C)Cc1cccc[c]1[Mg][c]1ccccc1CN(C)C. The van der Waals surface area contributed by atoms with Crippen LogP contribution in [0, 0.1) is 0 Å². The lowest BCUT2D eigenvalue weighted by atomic mass is 10.2. The van der Waals surface area contributed by atoms with Crippen molar-refractivity contribution in [2.24, 2.45) is 0 Å². The standard InChI is InChI=1S/2C9H12N.Mg/c2*1-10(2)8-9-6-4-3-5-7-9;/h2*3-6H,8H2,1-2H3;. The van der Waals surface area contributed by atoms with E-state index in [1.165, 1.54) is 11.1 Å². The predicted octanol–water partition coefficient (Wildman–Crippen LogP) is 1.46. The second kappa shape index (κ2) is 7.94. The zero-order chi connectivity index (χ0) is 15.2. The molecule has 0 aromatic heterocycles. The van der Waals surface area contributed by atoms with Crippen LogP contribution in [0.25, 0.3) is 0 Å². The van der Waals surface area contributed by atoms with Crippen molar-refractivity contribution in [1.29, 1.82) is 0 Å². The molecule has 0 atom stereocenters. The molecular formula is C18H24MgN2. The summed E-state index contributed by atoms with van der Waals surface area (Å²) >= 11 is -0.431. The van der Waals surface area contributed by atoms with Crippen LogP contribution in [-0.2, 0) is 13.1 Å². The maximum absolute atomic E-state index is 2.32. The van der Waals surface area contributed by atoms with E-state index in [1.807, 2.05) is 0 Å². The Kier molecular flexibility index (Phi) is 6.24. The highest BCUT2D eigenvalue weighted by atomic mass is 24.5. The van der Waals surface area contributed by atoms with E-state index in [4.69, 9.17) is 0 Å². The summed E-state index contributed by atoms with van der Waals surface area (Å²) in [7, 11) is 8.55. The molecule has 0 heterocycles. The van der Waals surface area contributed by atoms with Crippen LogP contribution in [-0.4, -0.2) is 58.4 Å². The molecule has 2 rings (SSSR count). The number of benzene rings is 2. The number of hydrogen-bond donors (Lipinski definition) is 0. The van der Waals surface area contributed by atoms with Gasteiger partial charge in [0.2, 0.25) is 0 Å². The van der Waals surface area contributed by atoms with Crippen LogP contribution in [0.5, 0.6) is 0 Å². The van der Waals surface area contributed by atoms with Gasteiger partial charge in [0.05, 0.1) is 0 Å². The molecular weight excluding hydrogens is 269 g/mol. The average molecular weight is 293 g/mol. The van der Waals surface area contributed by atoms with Gasteiger partial charge in [0.1, 0.15) is 0 Å². The first-order chi connectivity index (χ1) is 10.1. The van der Waals surface area contributed by atoms with Gasteiger partial charge >= 0.3 is 20.4 Å². The van der Waals surface area contributed by atoms with Crippen molar-refractivity contribution < 1.29 is 0 Å². The van der Waals surface area contributed by atoms with Gasteiger partial charge in [-0.3, -0.25) is 0 Å². The highest BCUT2D eigenvalue weighted by molar-refractivity contribution is 6.68. The van der Waals surface area contributed by atoms with Crippen molar-refractivity contribution in [3.63, 3.8) is 0 Å². The molecule has 3 heteroatoms. The molecule has 0 saturated carbocycles. The highest BCUT2D eigenvalue weighted by Gasteiger charge is 2.11. The lowest BCUT2D eigenvalue weighted by molar-refractivity contribution is 0.403. The van der Waals surface area contributed by atoms with Crippen molar-refractivity contribution in [3.05, 3.63) is 59.7 Å². The third-order valence-corrected chi connectivity index (χ3v) is 5.73. The second-order valence-electron chi connectivity index (χ2n) is 6.19. The lowest BCUT2D eigenvalue weighted by Gasteiger charge is -2.17. The minimum absolute atomic E-state index is 0.431. The minimum Gasteiger partial charge on any atom is -0.305 e. The van der Waals surface area contributed by atoms with Gasteiger partial charge in [0.15, 0.2) is 0 Å². The summed E-state index contributed by atoms with van der Waals surface area (Å²) in [4.78, 5) is 4.50. The zero-order valence-corrected chi connectivity index (χ0v) is 15.0. The first-order valence-corrected chi connectivity index (χ1v) is 8.90. The van der Waals surface area contributed by atoms with Crippen LogP contribution in [0.2, 0.25) is 0 Å². The number of rotatable bonds is 6. The Hall–Kier alpha value is -0.874. The van der Waals surface area contributed by atoms with E-state index in [9.17, 15) is 0 Å². The Bertz CT molecular complexity index is 527. The molecule has 108 valence electrons. The molecule has 0 fully saturated rings. The summed E-state index contributed by atoms with van der Waals surface area (Å²) in [6, 6.07) is 17.8. The molecule has 2 aromatic rings. The lowest BCUT2D eigenvalue weighted by Crippen LogP contribution is -2.34. The third kappa shape index (κ3) is 5.11. The molecule has 21 heavy (non-hydrogen) atoms. The summed E-state index contributed by atoms with van der Waals surface area (Å²) in [5.41, 5.74) is 2.96. The van der Waals surface area contributed by atoms with Crippen LogP contribution in [0.4, 0.5) is 0 Å². The molecule has 0 saturated heterocycles. The van der Waals surface area contributed by atoms with Crippen LogP contribution in [0.1, 0.15) is 11.1 Å². The van der Waals surface area contributed by atoms with E-state index in [-0.39, 0.29) is 0 Å². The van der Waals surface area contributed by atoms with Gasteiger partial charge in [0, 0.05) is 13.1 Å². The van der Waals surface area contributed by atoms with E-state index in [2.05, 4.69) is 86.5 Å². The van der Waals surface area contributed by atoms with Crippen LogP contribution in [0.3, 0.4) is 0 Å². The van der Waals surface area contributed by atoms with Crippen molar-refractivity contribution in [3.8, 4) is 0 Å². The largest absolute Gasteiger partial charge is 0.451 e. The van der Waals surface area contributed by atoms with Gasteiger partial charge in [-0.05, 0) is 28.2 Å². The second-order valence-corrected chi connectivity index (χ2v) is 8.07. The van der Waals surface area contributed by atoms with Crippen molar-refractivity contribution in [1.82, 2.24) is 9.80 Å². The maximum Gasteiger partial charge on any atom is 0.451 e. The topological polar surface area (TPSA) is 6.48 Å². The molecule has 0 aliphatic rings. The van der Waals surface area contributed by atoms with Gasteiger partial charge in [-0.25, -0.2) is 0 Å². The fraction of sp³-hybridized carbons (Fsp3) is 0.333. The normalized spacial score (nSPS) is 11.0. The van der Waals surface area contributed by atoms with E-state index < -0.39 is 20.4 Å². The summed E-state index contributed by atoms with van der Waals surface area (Å²) < 4.78 is 3.13. The van der Waals surface area contributed by atoms with Crippen molar-refractivity contribution >= 4 is 27.8 Å². The molecule has 0 spiro atoms. The van der Waals surface area contributed by atoms with Crippen molar-refractivity contribution in [2.45, 2.75) is 13.1 Å². The Labute approximate surface area is 138 Å². The van der Waals surface area contributed by atoms with Gasteiger partial charge in [0.25, 0.3) is 0 Å². The Morgan fingerprint density at radius 1 is 0.667 bits per heavy atom. The Balaban J connectivity index is 2.26. The zero-order valence-electron chi connectivity index (χ0n) is 13.6. The fourth-order valence-corrected chi connectivity index (χ4v) is 4.49. The fourth-order valence-electron chi connectivity index (χ4n) is 2.65. The summed E-state index contributed by atoms with van der Waals surface area (Å²) in [5.74, 6) is 0. The average Bonchev–Trinajstić information content (AvgIpc) is 2.42. The smallest absolute Gasteiger partial charge is 0.305 e. The highest BCUT2D eigenvalue weighted by Crippen LogP contribution is 2.02. The quantitative estimate of drug-likeness (QED) is 0.744. The first kappa shape index (κ1) is 16.5. The Morgan fingerprint density at radius 2 is 1.05 bits per heavy atom. The number of hydrogen-bond acceptors (Lipinski definition) is 2. The first-order valence-electron chi connectivity index (χ1n) is 7.49. The molecule has 0 aliphatic heterocycles. The van der Waals surface area contributed by atoms with E-state index in [0.29, 0.717) is 0 Å². The molecule has 2 nitrogen and oxygen atoms in total. The van der Waals surface area contributed by atoms with Crippen molar-refractivity contribution in [2.75, 3.05) is 28.2 Å². The molecule has 0 radical (unpaired) electrons. The van der Waals surface area contributed by atoms with E-state index in [1.54, 1.807) is 7.39 Å². The molecule has 0 amide bonds. The predicted molar refractivity (Wildman–Crippen MR) is 92.7 cm³/mol. The van der Waals surface area contributed by atoms with Gasteiger partial charge in [-0.1, -0.05) is 59.7 Å². The Morgan fingerprint density at radius 3 is 1.43 bits per heavy atom. The van der Waals surface area contributed by atoms with E-state index in [0.717, 1.165) is 13.1 Å². The minimum atomic E-state index is -0.431. The number of nitrogens with zero attached hydrogens (tertiary/aromatic N) is 2. The summed E-state index contributed by atoms with van der Waals surface area (Å²) in [5, 5.41) is 0. The van der Waals surface area contributed by atoms with Gasteiger partial charge in [-0.2, -0.15) is 7.39 Å². The molecule has 0 N–H and O–H groups in total.